The molecule has 0 heterocycles. The van der Waals surface area contributed by atoms with E-state index in [0.717, 1.165) is 58.2 Å². The van der Waals surface area contributed by atoms with Gasteiger partial charge in [0, 0.05) is 53.6 Å². The average molecular weight is 323 g/mol. The van der Waals surface area contributed by atoms with Crippen molar-refractivity contribution in [3.63, 3.8) is 0 Å². The predicted molar refractivity (Wildman–Crippen MR) is 88.5 cm³/mol. The first-order valence-electron chi connectivity index (χ1n) is 7.72. The fourth-order valence-corrected chi connectivity index (χ4v) is 3.70. The number of hydrogen-bond acceptors (Lipinski definition) is 7. The van der Waals surface area contributed by atoms with Gasteiger partial charge in [-0.05, 0) is 32.5 Å². The molecule has 21 heavy (non-hydrogen) atoms. The molecule has 0 radical (unpaired) electrons. The molecule has 0 unspecified atom stereocenters. The third-order valence-corrected chi connectivity index (χ3v) is 6.11. The van der Waals surface area contributed by atoms with Gasteiger partial charge < -0.3 is 35.0 Å². The van der Waals surface area contributed by atoms with Gasteiger partial charge in [-0.2, -0.15) is 0 Å². The van der Waals surface area contributed by atoms with Gasteiger partial charge in [0.15, 0.2) is 0 Å². The van der Waals surface area contributed by atoms with E-state index in [1.807, 2.05) is 0 Å². The maximum absolute atomic E-state index is 5.39. The molecule has 0 saturated carbocycles. The van der Waals surface area contributed by atoms with Gasteiger partial charge in [0.05, 0.1) is 0 Å². The molecular formula is C13H34N4O3Si. The van der Waals surface area contributed by atoms with Gasteiger partial charge in [0.1, 0.15) is 0 Å². The summed E-state index contributed by atoms with van der Waals surface area (Å²) in [5.74, 6) is 0. The fourth-order valence-electron chi connectivity index (χ4n) is 1.98. The van der Waals surface area contributed by atoms with E-state index in [4.69, 9.17) is 19.0 Å². The van der Waals surface area contributed by atoms with Gasteiger partial charge in [-0.15, -0.1) is 0 Å². The Hall–Kier alpha value is -0.0631. The van der Waals surface area contributed by atoms with Crippen molar-refractivity contribution in [1.29, 1.82) is 0 Å². The zero-order valence-electron chi connectivity index (χ0n) is 13.9. The van der Waals surface area contributed by atoms with Crippen LogP contribution in [0.15, 0.2) is 0 Å². The molecule has 0 aromatic carbocycles. The summed E-state index contributed by atoms with van der Waals surface area (Å²) in [6.07, 6.45) is 2.12. The Morgan fingerprint density at radius 1 is 0.714 bits per heavy atom. The van der Waals surface area contributed by atoms with E-state index in [0.29, 0.717) is 6.54 Å². The van der Waals surface area contributed by atoms with Crippen molar-refractivity contribution >= 4 is 8.80 Å². The maximum atomic E-state index is 5.39. The molecule has 0 aliphatic heterocycles. The zero-order chi connectivity index (χ0) is 15.8. The third kappa shape index (κ3) is 11.2. The van der Waals surface area contributed by atoms with Crippen LogP contribution in [0.2, 0.25) is 6.04 Å². The lowest BCUT2D eigenvalue weighted by molar-refractivity contribution is 0.123. The van der Waals surface area contributed by atoms with Crippen LogP contribution in [0.4, 0.5) is 0 Å². The molecule has 8 heteroatoms. The van der Waals surface area contributed by atoms with Crippen molar-refractivity contribution in [2.24, 2.45) is 5.73 Å². The molecule has 0 spiro atoms. The van der Waals surface area contributed by atoms with E-state index in [-0.39, 0.29) is 0 Å². The molecule has 0 amide bonds. The number of nitrogens with one attached hydrogen (secondary N) is 3. The standard InChI is InChI=1S/C13H34N4O3Si/c1-18-21(19-2,20-3)13-5-9-17-12-11-16-8-4-7-15-10-6-14/h15-17H,4-14H2,1-3H3. The van der Waals surface area contributed by atoms with Crippen LogP contribution < -0.4 is 21.7 Å². The summed E-state index contributed by atoms with van der Waals surface area (Å²) in [6.45, 7) is 6.57. The normalized spacial score (nSPS) is 12.0. The SMILES string of the molecule is CO[Si](CCCNCCNCCCNCCN)(OC)OC. The van der Waals surface area contributed by atoms with Crippen molar-refractivity contribution in [1.82, 2.24) is 16.0 Å². The molecule has 0 aromatic rings. The molecule has 0 rings (SSSR count). The minimum atomic E-state index is -2.39. The first kappa shape index (κ1) is 20.9. The van der Waals surface area contributed by atoms with Crippen LogP contribution in [0.3, 0.4) is 0 Å². The minimum Gasteiger partial charge on any atom is -0.377 e. The van der Waals surface area contributed by atoms with Crippen LogP contribution in [-0.2, 0) is 13.3 Å². The van der Waals surface area contributed by atoms with E-state index < -0.39 is 8.80 Å². The lowest BCUT2D eigenvalue weighted by atomic mass is 10.4. The maximum Gasteiger partial charge on any atom is 0.500 e. The summed E-state index contributed by atoms with van der Waals surface area (Å²) in [5, 5.41) is 10.1. The summed E-state index contributed by atoms with van der Waals surface area (Å²) in [7, 11) is 2.57. The quantitative estimate of drug-likeness (QED) is 0.222. The van der Waals surface area contributed by atoms with Crippen molar-refractivity contribution in [3.8, 4) is 0 Å². The van der Waals surface area contributed by atoms with Crippen molar-refractivity contribution in [2.75, 3.05) is 67.1 Å². The average Bonchev–Trinajstić information content (AvgIpc) is 2.53. The second kappa shape index (κ2) is 14.9. The molecular weight excluding hydrogens is 288 g/mol. The van der Waals surface area contributed by atoms with Crippen LogP contribution in [0, 0.1) is 0 Å². The molecule has 0 atom stereocenters. The Labute approximate surface area is 130 Å². The van der Waals surface area contributed by atoms with Crippen LogP contribution in [-0.4, -0.2) is 75.9 Å². The third-order valence-electron chi connectivity index (χ3n) is 3.28. The van der Waals surface area contributed by atoms with Crippen molar-refractivity contribution < 1.29 is 13.3 Å². The van der Waals surface area contributed by atoms with E-state index in [2.05, 4.69) is 16.0 Å². The van der Waals surface area contributed by atoms with Crippen LogP contribution in [0.5, 0.6) is 0 Å². The molecule has 5 N–H and O–H groups in total. The Morgan fingerprint density at radius 3 is 1.67 bits per heavy atom. The largest absolute Gasteiger partial charge is 0.500 e. The predicted octanol–water partition coefficient (Wildman–Crippen LogP) is -0.628. The monoisotopic (exact) mass is 322 g/mol. The summed E-state index contributed by atoms with van der Waals surface area (Å²) < 4.78 is 16.1. The molecule has 0 saturated heterocycles. The summed E-state index contributed by atoms with van der Waals surface area (Å²) in [4.78, 5) is 0. The van der Waals surface area contributed by atoms with Crippen LogP contribution >= 0.6 is 0 Å². The number of hydrogen-bond donors (Lipinski definition) is 4. The summed E-state index contributed by atoms with van der Waals surface area (Å²) in [6, 6.07) is 0.837. The molecule has 0 aliphatic rings. The Balaban J connectivity index is 3.29. The summed E-state index contributed by atoms with van der Waals surface area (Å²) in [5.41, 5.74) is 5.39. The lowest BCUT2D eigenvalue weighted by Crippen LogP contribution is -2.43. The second-order valence-corrected chi connectivity index (χ2v) is 7.88. The first-order chi connectivity index (χ1) is 10.2. The van der Waals surface area contributed by atoms with Crippen LogP contribution in [0.25, 0.3) is 0 Å². The van der Waals surface area contributed by atoms with Gasteiger partial charge in [-0.1, -0.05) is 0 Å². The Kier molecular flexibility index (Phi) is 14.8. The number of rotatable bonds is 16. The molecule has 0 fully saturated rings. The van der Waals surface area contributed by atoms with Gasteiger partial charge in [-0.25, -0.2) is 0 Å². The Bertz CT molecular complexity index is 213. The highest BCUT2D eigenvalue weighted by Crippen LogP contribution is 2.14. The highest BCUT2D eigenvalue weighted by Gasteiger charge is 2.36. The van der Waals surface area contributed by atoms with Crippen LogP contribution in [0.1, 0.15) is 12.8 Å². The van der Waals surface area contributed by atoms with Crippen molar-refractivity contribution in [2.45, 2.75) is 18.9 Å². The topological polar surface area (TPSA) is 89.8 Å². The highest BCUT2D eigenvalue weighted by atomic mass is 28.4. The van der Waals surface area contributed by atoms with Crippen molar-refractivity contribution in [3.05, 3.63) is 0 Å². The van der Waals surface area contributed by atoms with E-state index in [1.54, 1.807) is 21.3 Å². The van der Waals surface area contributed by atoms with Gasteiger partial charge >= 0.3 is 8.80 Å². The molecule has 128 valence electrons. The molecule has 0 bridgehead atoms. The number of nitrogens with two attached hydrogens (primary N) is 1. The van der Waals surface area contributed by atoms with Gasteiger partial charge in [0.25, 0.3) is 0 Å². The Morgan fingerprint density at radius 2 is 1.19 bits per heavy atom. The smallest absolute Gasteiger partial charge is 0.377 e. The van der Waals surface area contributed by atoms with E-state index >= 15 is 0 Å². The lowest BCUT2D eigenvalue weighted by Gasteiger charge is -2.24. The molecule has 7 nitrogen and oxygen atoms in total. The second-order valence-electron chi connectivity index (χ2n) is 4.79. The van der Waals surface area contributed by atoms with Gasteiger partial charge in [0.2, 0.25) is 0 Å². The zero-order valence-corrected chi connectivity index (χ0v) is 14.9. The highest BCUT2D eigenvalue weighted by molar-refractivity contribution is 6.60. The summed E-state index contributed by atoms with van der Waals surface area (Å²) >= 11 is 0. The fraction of sp³-hybridized carbons (Fsp3) is 1.00. The molecule has 0 aliphatic carbocycles. The first-order valence-corrected chi connectivity index (χ1v) is 9.65. The van der Waals surface area contributed by atoms with E-state index in [1.165, 1.54) is 0 Å². The minimum absolute atomic E-state index is 0.705. The van der Waals surface area contributed by atoms with Gasteiger partial charge in [-0.3, -0.25) is 0 Å². The molecule has 0 aromatic heterocycles. The van der Waals surface area contributed by atoms with E-state index in [9.17, 15) is 0 Å².